The Bertz CT molecular complexity index is 666. The Hall–Kier alpha value is -1.70. The topological polar surface area (TPSA) is 83.6 Å². The second-order valence-corrected chi connectivity index (χ2v) is 6.79. The summed E-state index contributed by atoms with van der Waals surface area (Å²) in [6, 6.07) is 3.68. The number of nitrogens with zero attached hydrogens (tertiary/aromatic N) is 1. The van der Waals surface area contributed by atoms with Crippen molar-refractivity contribution in [1.29, 1.82) is 0 Å². The minimum Gasteiger partial charge on any atom is -0.479 e. The Morgan fingerprint density at radius 2 is 2.14 bits per heavy atom. The van der Waals surface area contributed by atoms with Crippen molar-refractivity contribution < 1.29 is 14.7 Å². The monoisotopic (exact) mass is 322 g/mol. The maximum atomic E-state index is 12.6. The fourth-order valence-electron chi connectivity index (χ4n) is 2.59. The highest BCUT2D eigenvalue weighted by Gasteiger charge is 2.38. The molecule has 2 unspecified atom stereocenters. The Labute approximate surface area is 129 Å². The Morgan fingerprint density at radius 1 is 1.33 bits per heavy atom. The van der Waals surface area contributed by atoms with Crippen molar-refractivity contribution >= 4 is 34.6 Å². The average Bonchev–Trinajstić information content (AvgIpc) is 3.14. The van der Waals surface area contributed by atoms with Crippen molar-refractivity contribution in [1.82, 2.24) is 4.90 Å². The molecule has 0 spiro atoms. The number of carboxylic acids is 1. The van der Waals surface area contributed by atoms with Crippen molar-refractivity contribution in [3.05, 3.63) is 44.3 Å². The molecule has 2 aromatic heterocycles. The molecule has 0 aliphatic carbocycles. The maximum absolute atomic E-state index is 12.6. The van der Waals surface area contributed by atoms with Gasteiger partial charge < -0.3 is 15.7 Å². The number of nitrogens with two attached hydrogens (primary N) is 1. The predicted octanol–water partition coefficient (Wildman–Crippen LogP) is 2.02. The summed E-state index contributed by atoms with van der Waals surface area (Å²) in [5, 5.41) is 13.2. The Morgan fingerprint density at radius 3 is 2.81 bits per heavy atom. The largest absolute Gasteiger partial charge is 0.479 e. The number of thiophene rings is 2. The number of hydrogen-bond donors (Lipinski definition) is 2. The third kappa shape index (κ3) is 2.48. The van der Waals surface area contributed by atoms with Gasteiger partial charge in [-0.25, -0.2) is 4.79 Å². The van der Waals surface area contributed by atoms with Crippen LogP contribution in [0, 0.1) is 0 Å². The number of carboxylic acid groups (broad SMARTS) is 1. The summed E-state index contributed by atoms with van der Waals surface area (Å²) in [5.74, 6) is -1.34. The van der Waals surface area contributed by atoms with Crippen LogP contribution in [0.1, 0.15) is 27.4 Å². The van der Waals surface area contributed by atoms with Gasteiger partial charge in [-0.2, -0.15) is 0 Å². The van der Waals surface area contributed by atoms with E-state index in [2.05, 4.69) is 0 Å². The minimum atomic E-state index is -1.01. The van der Waals surface area contributed by atoms with E-state index in [0.29, 0.717) is 18.5 Å². The van der Waals surface area contributed by atoms with E-state index in [9.17, 15) is 14.7 Å². The third-order valence-corrected chi connectivity index (χ3v) is 5.55. The quantitative estimate of drug-likeness (QED) is 0.905. The fraction of sp³-hybridized carbons (Fsp3) is 0.286. The second kappa shape index (κ2) is 5.59. The van der Waals surface area contributed by atoms with Crippen LogP contribution in [0.5, 0.6) is 0 Å². The molecule has 0 saturated heterocycles. The van der Waals surface area contributed by atoms with Gasteiger partial charge in [-0.1, -0.05) is 6.07 Å². The first kappa shape index (κ1) is 14.2. The van der Waals surface area contributed by atoms with Crippen LogP contribution in [0.15, 0.2) is 29.0 Å². The number of hydrogen-bond acceptors (Lipinski definition) is 5. The normalized spacial score (nSPS) is 19.1. The lowest BCUT2D eigenvalue weighted by Gasteiger charge is -2.34. The molecular formula is C14H14N2O3S2. The minimum absolute atomic E-state index is 0.332. The molecule has 110 valence electrons. The van der Waals surface area contributed by atoms with E-state index in [-0.39, 0.29) is 5.91 Å². The van der Waals surface area contributed by atoms with Gasteiger partial charge in [0.1, 0.15) is 6.04 Å². The van der Waals surface area contributed by atoms with E-state index in [1.54, 1.807) is 12.1 Å². The highest BCUT2D eigenvalue weighted by molar-refractivity contribution is 7.10. The van der Waals surface area contributed by atoms with Crippen molar-refractivity contribution in [2.75, 3.05) is 6.54 Å². The summed E-state index contributed by atoms with van der Waals surface area (Å²) in [5.41, 5.74) is 6.71. The zero-order chi connectivity index (χ0) is 15.0. The molecule has 0 aromatic carbocycles. The molecule has 2 atom stereocenters. The first-order valence-corrected chi connectivity index (χ1v) is 8.24. The predicted molar refractivity (Wildman–Crippen MR) is 81.4 cm³/mol. The van der Waals surface area contributed by atoms with Gasteiger partial charge in [-0.05, 0) is 34.9 Å². The van der Waals surface area contributed by atoms with Crippen molar-refractivity contribution in [2.45, 2.75) is 18.5 Å². The van der Waals surface area contributed by atoms with Crippen LogP contribution in [0.2, 0.25) is 0 Å². The molecule has 1 aliphatic rings. The van der Waals surface area contributed by atoms with Crippen molar-refractivity contribution in [3.8, 4) is 0 Å². The van der Waals surface area contributed by atoms with E-state index < -0.39 is 18.1 Å². The molecule has 0 bridgehead atoms. The molecule has 0 saturated carbocycles. The zero-order valence-corrected chi connectivity index (χ0v) is 12.7. The molecule has 0 radical (unpaired) electrons. The van der Waals surface area contributed by atoms with E-state index in [1.807, 2.05) is 16.8 Å². The van der Waals surface area contributed by atoms with Gasteiger partial charge in [0.25, 0.3) is 0 Å². The molecule has 3 N–H and O–H groups in total. The highest BCUT2D eigenvalue weighted by Crippen LogP contribution is 2.35. The van der Waals surface area contributed by atoms with Crippen LogP contribution in [-0.2, 0) is 16.0 Å². The smallest absolute Gasteiger partial charge is 0.331 e. The zero-order valence-electron chi connectivity index (χ0n) is 11.1. The molecular weight excluding hydrogens is 308 g/mol. The molecule has 1 aliphatic heterocycles. The second-order valence-electron chi connectivity index (χ2n) is 4.81. The standard InChI is InChI=1S/C14H14N2O3S2/c15-11(10-2-1-6-20-10)13(17)16-5-3-9-8(4-7-21-9)12(16)14(18)19/h1-2,4,6-7,11-12H,3,5,15H2,(H,18,19). The van der Waals surface area contributed by atoms with Gasteiger partial charge >= 0.3 is 5.97 Å². The fourth-order valence-corrected chi connectivity index (χ4v) is 4.21. The third-order valence-electron chi connectivity index (χ3n) is 3.60. The number of fused-ring (bicyclic) bond motifs is 1. The molecule has 3 heterocycles. The van der Waals surface area contributed by atoms with Crippen LogP contribution in [0.3, 0.4) is 0 Å². The van der Waals surface area contributed by atoms with Gasteiger partial charge in [0.15, 0.2) is 6.04 Å². The molecule has 1 amide bonds. The Kier molecular flexibility index (Phi) is 3.79. The van der Waals surface area contributed by atoms with E-state index in [0.717, 1.165) is 9.75 Å². The first-order chi connectivity index (χ1) is 10.1. The van der Waals surface area contributed by atoms with Crippen LogP contribution in [-0.4, -0.2) is 28.4 Å². The lowest BCUT2D eigenvalue weighted by molar-refractivity contribution is -0.151. The summed E-state index contributed by atoms with van der Waals surface area (Å²) < 4.78 is 0. The highest BCUT2D eigenvalue weighted by atomic mass is 32.1. The van der Waals surface area contributed by atoms with Gasteiger partial charge in [0, 0.05) is 16.3 Å². The van der Waals surface area contributed by atoms with Crippen LogP contribution in [0.25, 0.3) is 0 Å². The summed E-state index contributed by atoms with van der Waals surface area (Å²) in [6.07, 6.45) is 0.680. The van der Waals surface area contributed by atoms with Crippen LogP contribution >= 0.6 is 22.7 Å². The lowest BCUT2D eigenvalue weighted by Crippen LogP contribution is -2.46. The van der Waals surface area contributed by atoms with E-state index >= 15 is 0 Å². The molecule has 7 heteroatoms. The van der Waals surface area contributed by atoms with Crippen molar-refractivity contribution in [3.63, 3.8) is 0 Å². The van der Waals surface area contributed by atoms with Gasteiger partial charge in [-0.3, -0.25) is 4.79 Å². The van der Waals surface area contributed by atoms with Crippen LogP contribution in [0.4, 0.5) is 0 Å². The van der Waals surface area contributed by atoms with Gasteiger partial charge in [0.05, 0.1) is 0 Å². The average molecular weight is 322 g/mol. The summed E-state index contributed by atoms with van der Waals surface area (Å²) in [7, 11) is 0. The Balaban J connectivity index is 1.91. The maximum Gasteiger partial charge on any atom is 0.331 e. The SMILES string of the molecule is NC(C(=O)N1CCc2sccc2C1C(=O)O)c1cccs1. The number of rotatable bonds is 3. The van der Waals surface area contributed by atoms with Crippen molar-refractivity contribution in [2.24, 2.45) is 5.73 Å². The summed E-state index contributed by atoms with van der Waals surface area (Å²) >= 11 is 2.94. The summed E-state index contributed by atoms with van der Waals surface area (Å²) in [4.78, 5) is 27.4. The molecule has 0 fully saturated rings. The lowest BCUT2D eigenvalue weighted by atomic mass is 9.99. The first-order valence-electron chi connectivity index (χ1n) is 6.48. The molecule has 5 nitrogen and oxygen atoms in total. The van der Waals surface area contributed by atoms with E-state index in [1.165, 1.54) is 27.6 Å². The number of carbonyl (C=O) groups excluding carboxylic acids is 1. The van der Waals surface area contributed by atoms with Gasteiger partial charge in [0.2, 0.25) is 5.91 Å². The number of carbonyl (C=O) groups is 2. The van der Waals surface area contributed by atoms with E-state index in [4.69, 9.17) is 5.73 Å². The molecule has 3 rings (SSSR count). The number of amides is 1. The molecule has 21 heavy (non-hydrogen) atoms. The number of aliphatic carboxylic acids is 1. The summed E-state index contributed by atoms with van der Waals surface area (Å²) in [6.45, 7) is 0.391. The van der Waals surface area contributed by atoms with Gasteiger partial charge in [-0.15, -0.1) is 22.7 Å². The molecule has 2 aromatic rings. The van der Waals surface area contributed by atoms with Crippen LogP contribution < -0.4 is 5.73 Å².